The third-order valence-electron chi connectivity index (χ3n) is 5.32. The molecule has 2 heterocycles. The number of fused-ring (bicyclic) bond motifs is 1. The van der Waals surface area contributed by atoms with Crippen LogP contribution >= 0.6 is 0 Å². The maximum Gasteiger partial charge on any atom is 0.321 e. The van der Waals surface area contributed by atoms with Crippen LogP contribution < -0.4 is 5.32 Å². The molecule has 0 saturated carbocycles. The van der Waals surface area contributed by atoms with Gasteiger partial charge in [-0.25, -0.2) is 4.79 Å². The number of amides is 3. The van der Waals surface area contributed by atoms with Crippen molar-refractivity contribution in [2.45, 2.75) is 13.3 Å². The highest BCUT2D eigenvalue weighted by atomic mass is 16.2. The van der Waals surface area contributed by atoms with Gasteiger partial charge in [-0.15, -0.1) is 0 Å². The van der Waals surface area contributed by atoms with Gasteiger partial charge in [0.25, 0.3) is 0 Å². The van der Waals surface area contributed by atoms with Crippen molar-refractivity contribution in [3.05, 3.63) is 65.9 Å². The molecule has 3 aromatic rings. The fourth-order valence-corrected chi connectivity index (χ4v) is 3.62. The van der Waals surface area contributed by atoms with Gasteiger partial charge in [0.1, 0.15) is 0 Å². The minimum atomic E-state index is -0.113. The lowest BCUT2D eigenvalue weighted by Gasteiger charge is -2.34. The van der Waals surface area contributed by atoms with E-state index in [0.29, 0.717) is 32.6 Å². The first-order valence-electron chi connectivity index (χ1n) is 9.56. The zero-order valence-corrected chi connectivity index (χ0v) is 15.9. The van der Waals surface area contributed by atoms with Gasteiger partial charge in [-0.3, -0.25) is 4.79 Å². The third kappa shape index (κ3) is 3.71. The Balaban J connectivity index is 1.33. The number of carbonyl (C=O) groups is 2. The van der Waals surface area contributed by atoms with Crippen LogP contribution in [0.15, 0.2) is 54.7 Å². The standard InChI is InChI=1S/C22H24N4O2/c1-16-6-2-4-8-19(16)24-22(28)26-12-10-25(11-13-26)21(27)14-17-15-23-20-9-5-3-7-18(17)20/h2-9,15,23H,10-14H2,1H3,(H,24,28). The molecule has 0 unspecified atom stereocenters. The predicted molar refractivity (Wildman–Crippen MR) is 110 cm³/mol. The van der Waals surface area contributed by atoms with Crippen LogP contribution in [0.2, 0.25) is 0 Å². The lowest BCUT2D eigenvalue weighted by Crippen LogP contribution is -2.52. The van der Waals surface area contributed by atoms with E-state index < -0.39 is 0 Å². The number of hydrogen-bond acceptors (Lipinski definition) is 2. The number of aromatic amines is 1. The van der Waals surface area contributed by atoms with Gasteiger partial charge in [-0.2, -0.15) is 0 Å². The molecule has 6 heteroatoms. The van der Waals surface area contributed by atoms with Gasteiger partial charge in [-0.05, 0) is 30.2 Å². The minimum Gasteiger partial charge on any atom is -0.361 e. The molecular weight excluding hydrogens is 352 g/mol. The van der Waals surface area contributed by atoms with Crippen molar-refractivity contribution < 1.29 is 9.59 Å². The van der Waals surface area contributed by atoms with Gasteiger partial charge in [0.05, 0.1) is 6.42 Å². The van der Waals surface area contributed by atoms with Crippen molar-refractivity contribution in [2.75, 3.05) is 31.5 Å². The number of piperazine rings is 1. The first-order chi connectivity index (χ1) is 13.6. The van der Waals surface area contributed by atoms with Crippen LogP contribution in [0.25, 0.3) is 10.9 Å². The summed E-state index contributed by atoms with van der Waals surface area (Å²) in [6.45, 7) is 4.16. The summed E-state index contributed by atoms with van der Waals surface area (Å²) in [5, 5.41) is 4.05. The molecule has 0 radical (unpaired) electrons. The van der Waals surface area contributed by atoms with E-state index in [1.807, 2.05) is 66.6 Å². The number of hydrogen-bond donors (Lipinski definition) is 2. The Morgan fingerprint density at radius 2 is 1.64 bits per heavy atom. The number of H-pyrrole nitrogens is 1. The first-order valence-corrected chi connectivity index (χ1v) is 9.56. The van der Waals surface area contributed by atoms with Crippen LogP contribution in [0.4, 0.5) is 10.5 Å². The van der Waals surface area contributed by atoms with Crippen LogP contribution in [-0.4, -0.2) is 52.9 Å². The average molecular weight is 376 g/mol. The van der Waals surface area contributed by atoms with Crippen molar-refractivity contribution in [3.8, 4) is 0 Å². The molecule has 144 valence electrons. The fraction of sp³-hybridized carbons (Fsp3) is 0.273. The predicted octanol–water partition coefficient (Wildman–Crippen LogP) is 3.40. The first kappa shape index (κ1) is 18.1. The molecule has 2 aromatic carbocycles. The number of urea groups is 1. The number of nitrogens with one attached hydrogen (secondary N) is 2. The maximum atomic E-state index is 12.7. The normalized spacial score (nSPS) is 14.3. The van der Waals surface area contributed by atoms with Gasteiger partial charge in [0, 0.05) is 49.0 Å². The van der Waals surface area contributed by atoms with Crippen LogP contribution in [-0.2, 0) is 11.2 Å². The molecule has 1 aromatic heterocycles. The Labute approximate surface area is 164 Å². The van der Waals surface area contributed by atoms with Crippen molar-refractivity contribution in [1.82, 2.24) is 14.8 Å². The second kappa shape index (κ2) is 7.76. The van der Waals surface area contributed by atoms with E-state index in [-0.39, 0.29) is 11.9 Å². The minimum absolute atomic E-state index is 0.101. The van der Waals surface area contributed by atoms with E-state index >= 15 is 0 Å². The summed E-state index contributed by atoms with van der Waals surface area (Å²) in [6.07, 6.45) is 2.29. The molecule has 1 fully saturated rings. The molecule has 4 rings (SSSR count). The largest absolute Gasteiger partial charge is 0.361 e. The molecule has 28 heavy (non-hydrogen) atoms. The van der Waals surface area contributed by atoms with Gasteiger partial charge in [-0.1, -0.05) is 36.4 Å². The second-order valence-electron chi connectivity index (χ2n) is 7.15. The van der Waals surface area contributed by atoms with Gasteiger partial charge in [0.2, 0.25) is 5.91 Å². The summed E-state index contributed by atoms with van der Waals surface area (Å²) in [7, 11) is 0. The molecule has 0 spiro atoms. The number of rotatable bonds is 3. The van der Waals surface area contributed by atoms with Crippen molar-refractivity contribution in [2.24, 2.45) is 0 Å². The van der Waals surface area contributed by atoms with E-state index in [9.17, 15) is 9.59 Å². The number of aryl methyl sites for hydroxylation is 1. The fourth-order valence-electron chi connectivity index (χ4n) is 3.62. The summed E-state index contributed by atoms with van der Waals surface area (Å²) >= 11 is 0. The van der Waals surface area contributed by atoms with Crippen LogP contribution in [0.1, 0.15) is 11.1 Å². The van der Waals surface area contributed by atoms with Crippen molar-refractivity contribution >= 4 is 28.5 Å². The average Bonchev–Trinajstić information content (AvgIpc) is 3.13. The summed E-state index contributed by atoms with van der Waals surface area (Å²) in [5.41, 5.74) is 3.91. The Bertz CT molecular complexity index is 1000. The number of benzene rings is 2. The smallest absolute Gasteiger partial charge is 0.321 e. The third-order valence-corrected chi connectivity index (χ3v) is 5.32. The number of aromatic nitrogens is 1. The molecule has 1 aliphatic heterocycles. The highest BCUT2D eigenvalue weighted by Crippen LogP contribution is 2.19. The molecule has 1 aliphatic rings. The lowest BCUT2D eigenvalue weighted by molar-refractivity contribution is -0.131. The molecule has 6 nitrogen and oxygen atoms in total. The van der Waals surface area contributed by atoms with Crippen LogP contribution in [0, 0.1) is 6.92 Å². The molecular formula is C22H24N4O2. The topological polar surface area (TPSA) is 68.4 Å². The highest BCUT2D eigenvalue weighted by Gasteiger charge is 2.24. The van der Waals surface area contributed by atoms with Gasteiger partial charge < -0.3 is 20.1 Å². The maximum absolute atomic E-state index is 12.7. The molecule has 1 saturated heterocycles. The summed E-state index contributed by atoms with van der Waals surface area (Å²) in [4.78, 5) is 32.0. The van der Waals surface area contributed by atoms with E-state index in [1.165, 1.54) is 0 Å². The van der Waals surface area contributed by atoms with Crippen molar-refractivity contribution in [1.29, 1.82) is 0 Å². The molecule has 3 amide bonds. The number of carbonyl (C=O) groups excluding carboxylic acids is 2. The Morgan fingerprint density at radius 1 is 0.964 bits per heavy atom. The SMILES string of the molecule is Cc1ccccc1NC(=O)N1CCN(C(=O)Cc2c[nH]c3ccccc23)CC1. The molecule has 0 bridgehead atoms. The molecule has 2 N–H and O–H groups in total. The van der Waals surface area contributed by atoms with E-state index in [2.05, 4.69) is 10.3 Å². The summed E-state index contributed by atoms with van der Waals surface area (Å²) < 4.78 is 0. The number of para-hydroxylation sites is 2. The zero-order chi connectivity index (χ0) is 19.5. The van der Waals surface area contributed by atoms with Gasteiger partial charge in [0.15, 0.2) is 0 Å². The molecule has 0 atom stereocenters. The summed E-state index contributed by atoms with van der Waals surface area (Å²) in [6, 6.07) is 15.6. The number of anilines is 1. The molecule has 0 aliphatic carbocycles. The highest BCUT2D eigenvalue weighted by molar-refractivity contribution is 5.91. The van der Waals surface area contributed by atoms with Crippen LogP contribution in [0.5, 0.6) is 0 Å². The van der Waals surface area contributed by atoms with Crippen molar-refractivity contribution in [3.63, 3.8) is 0 Å². The Hall–Kier alpha value is -3.28. The van der Waals surface area contributed by atoms with E-state index in [0.717, 1.165) is 27.7 Å². The Kier molecular flexibility index (Phi) is 5.02. The van der Waals surface area contributed by atoms with E-state index in [1.54, 1.807) is 4.90 Å². The monoisotopic (exact) mass is 376 g/mol. The number of nitrogens with zero attached hydrogens (tertiary/aromatic N) is 2. The van der Waals surface area contributed by atoms with Crippen LogP contribution in [0.3, 0.4) is 0 Å². The van der Waals surface area contributed by atoms with Gasteiger partial charge >= 0.3 is 6.03 Å². The van der Waals surface area contributed by atoms with E-state index in [4.69, 9.17) is 0 Å². The summed E-state index contributed by atoms with van der Waals surface area (Å²) in [5.74, 6) is 0.101. The zero-order valence-electron chi connectivity index (χ0n) is 15.9. The Morgan fingerprint density at radius 3 is 2.43 bits per heavy atom. The lowest BCUT2D eigenvalue weighted by atomic mass is 10.1. The second-order valence-corrected chi connectivity index (χ2v) is 7.15. The quantitative estimate of drug-likeness (QED) is 0.736.